The van der Waals surface area contributed by atoms with Crippen LogP contribution in [0, 0.1) is 28.5 Å². The molecule has 2 heterocycles. The zero-order chi connectivity index (χ0) is 22.9. The van der Waals surface area contributed by atoms with Crippen LogP contribution in [0.15, 0.2) is 17.0 Å². The third-order valence-corrected chi connectivity index (χ3v) is 6.98. The van der Waals surface area contributed by atoms with Crippen molar-refractivity contribution in [2.24, 2.45) is 0 Å². The van der Waals surface area contributed by atoms with Crippen LogP contribution >= 0.6 is 0 Å². The average molecular weight is 449 g/mol. The number of nitrogens with zero attached hydrogens (tertiary/aromatic N) is 3. The summed E-state index contributed by atoms with van der Waals surface area (Å²) in [5, 5.41) is 29.3. The number of nitrogens with one attached hydrogen (secondary N) is 4. The molecule has 164 valence electrons. The van der Waals surface area contributed by atoms with Crippen molar-refractivity contribution in [2.45, 2.75) is 42.9 Å². The standard InChI is InChI=1S/C18H20FN7O4S/c1-9-16(22-7-11(5-20)23-9)10(2)24-15(27)8-26-18(28)25-14-4-3-13(19)12(6-21)17(14)31(26,29)30/h3-4,9-11,16,22-23H,7-8H2,1-2H3,(H,24,27)(H,25,28)/t9?,10-,11?,16?/m1/s1. The normalized spacial score (nSPS) is 25.4. The Morgan fingerprint density at radius 2 is 2.13 bits per heavy atom. The summed E-state index contributed by atoms with van der Waals surface area (Å²) in [5.74, 6) is -1.82. The number of piperazine rings is 1. The fourth-order valence-electron chi connectivity index (χ4n) is 3.71. The van der Waals surface area contributed by atoms with Crippen LogP contribution in [0.4, 0.5) is 14.9 Å². The highest BCUT2D eigenvalue weighted by atomic mass is 32.2. The summed E-state index contributed by atoms with van der Waals surface area (Å²) in [5.41, 5.74) is -0.971. The van der Waals surface area contributed by atoms with Crippen molar-refractivity contribution in [1.29, 1.82) is 10.5 Å². The minimum Gasteiger partial charge on any atom is -0.350 e. The van der Waals surface area contributed by atoms with E-state index in [9.17, 15) is 22.4 Å². The number of urea groups is 1. The van der Waals surface area contributed by atoms with Crippen molar-refractivity contribution in [1.82, 2.24) is 20.3 Å². The number of fused-ring (bicyclic) bond motifs is 1. The maximum Gasteiger partial charge on any atom is 0.336 e. The van der Waals surface area contributed by atoms with Gasteiger partial charge in [-0.05, 0) is 26.0 Å². The summed E-state index contributed by atoms with van der Waals surface area (Å²) in [6.07, 6.45) is 0. The zero-order valence-electron chi connectivity index (χ0n) is 16.6. The first-order valence-corrected chi connectivity index (χ1v) is 10.8. The predicted octanol–water partition coefficient (Wildman–Crippen LogP) is -0.420. The molecule has 3 unspecified atom stereocenters. The number of hydrogen-bond acceptors (Lipinski definition) is 8. The van der Waals surface area contributed by atoms with E-state index in [1.165, 1.54) is 6.07 Å². The molecule has 4 atom stereocenters. The number of carbonyl (C=O) groups is 2. The van der Waals surface area contributed by atoms with Crippen LogP contribution in [-0.2, 0) is 14.8 Å². The molecular formula is C18H20FN7O4S. The Hall–Kier alpha value is -3.26. The summed E-state index contributed by atoms with van der Waals surface area (Å²) in [6, 6.07) is 3.16. The molecule has 4 N–H and O–H groups in total. The summed E-state index contributed by atoms with van der Waals surface area (Å²) in [6.45, 7) is 3.05. The molecule has 0 spiro atoms. The Morgan fingerprint density at radius 3 is 2.74 bits per heavy atom. The van der Waals surface area contributed by atoms with Crippen LogP contribution in [0.3, 0.4) is 0 Å². The molecule has 1 fully saturated rings. The third kappa shape index (κ3) is 4.16. The summed E-state index contributed by atoms with van der Waals surface area (Å²) in [7, 11) is -4.64. The summed E-state index contributed by atoms with van der Waals surface area (Å²) >= 11 is 0. The zero-order valence-corrected chi connectivity index (χ0v) is 17.5. The van der Waals surface area contributed by atoms with Gasteiger partial charge in [-0.15, -0.1) is 0 Å². The van der Waals surface area contributed by atoms with E-state index in [2.05, 4.69) is 27.3 Å². The molecule has 0 radical (unpaired) electrons. The number of sulfonamides is 1. The van der Waals surface area contributed by atoms with E-state index in [4.69, 9.17) is 10.5 Å². The third-order valence-electron chi connectivity index (χ3n) is 5.17. The van der Waals surface area contributed by atoms with Crippen molar-refractivity contribution in [2.75, 3.05) is 18.4 Å². The van der Waals surface area contributed by atoms with Crippen LogP contribution in [0.25, 0.3) is 0 Å². The van der Waals surface area contributed by atoms with E-state index in [0.717, 1.165) is 12.1 Å². The molecule has 1 aromatic carbocycles. The number of carbonyl (C=O) groups excluding carboxylic acids is 2. The number of benzene rings is 1. The molecule has 0 aromatic heterocycles. The fraction of sp³-hybridized carbons (Fsp3) is 0.444. The van der Waals surface area contributed by atoms with Gasteiger partial charge in [0.1, 0.15) is 34.9 Å². The van der Waals surface area contributed by atoms with Gasteiger partial charge in [-0.1, -0.05) is 0 Å². The van der Waals surface area contributed by atoms with Gasteiger partial charge >= 0.3 is 6.03 Å². The molecule has 3 rings (SSSR count). The second-order valence-corrected chi connectivity index (χ2v) is 9.08. The van der Waals surface area contributed by atoms with Gasteiger partial charge in [-0.3, -0.25) is 10.1 Å². The van der Waals surface area contributed by atoms with E-state index in [0.29, 0.717) is 6.54 Å². The van der Waals surface area contributed by atoms with Gasteiger partial charge in [0.25, 0.3) is 10.0 Å². The highest BCUT2D eigenvalue weighted by Gasteiger charge is 2.41. The van der Waals surface area contributed by atoms with Gasteiger partial charge < -0.3 is 16.0 Å². The van der Waals surface area contributed by atoms with Crippen molar-refractivity contribution in [3.8, 4) is 12.1 Å². The van der Waals surface area contributed by atoms with Crippen molar-refractivity contribution in [3.63, 3.8) is 0 Å². The lowest BCUT2D eigenvalue weighted by atomic mass is 9.98. The molecule has 0 bridgehead atoms. The Kier molecular flexibility index (Phi) is 6.13. The Labute approximate surface area is 178 Å². The van der Waals surface area contributed by atoms with E-state index in [1.54, 1.807) is 6.92 Å². The Balaban J connectivity index is 1.76. The minimum atomic E-state index is -4.64. The lowest BCUT2D eigenvalue weighted by Crippen LogP contribution is -2.65. The molecule has 1 aromatic rings. The first-order valence-electron chi connectivity index (χ1n) is 9.35. The summed E-state index contributed by atoms with van der Waals surface area (Å²) < 4.78 is 40.0. The molecule has 11 nitrogen and oxygen atoms in total. The maximum absolute atomic E-state index is 13.9. The monoisotopic (exact) mass is 449 g/mol. The Morgan fingerprint density at radius 1 is 1.42 bits per heavy atom. The Bertz CT molecular complexity index is 1110. The second kappa shape index (κ2) is 8.47. The number of halogens is 1. The van der Waals surface area contributed by atoms with Gasteiger partial charge in [-0.25, -0.2) is 21.9 Å². The first-order chi connectivity index (χ1) is 14.6. The van der Waals surface area contributed by atoms with Gasteiger partial charge in [0, 0.05) is 24.7 Å². The van der Waals surface area contributed by atoms with Crippen LogP contribution in [0.2, 0.25) is 0 Å². The van der Waals surface area contributed by atoms with Crippen molar-refractivity contribution in [3.05, 3.63) is 23.5 Å². The second-order valence-electron chi connectivity index (χ2n) is 7.28. The highest BCUT2D eigenvalue weighted by molar-refractivity contribution is 7.90. The number of nitriles is 2. The molecule has 0 saturated carbocycles. The van der Waals surface area contributed by atoms with Crippen molar-refractivity contribution >= 4 is 27.6 Å². The van der Waals surface area contributed by atoms with Crippen molar-refractivity contribution < 1.29 is 22.4 Å². The summed E-state index contributed by atoms with van der Waals surface area (Å²) in [4.78, 5) is 24.2. The molecule has 31 heavy (non-hydrogen) atoms. The molecule has 2 aliphatic heterocycles. The smallest absolute Gasteiger partial charge is 0.336 e. The number of rotatable bonds is 4. The van der Waals surface area contributed by atoms with Gasteiger partial charge in [-0.2, -0.15) is 10.5 Å². The van der Waals surface area contributed by atoms with E-state index in [1.807, 2.05) is 6.92 Å². The SMILES string of the molecule is CC1NC(C#N)CNC1[C@@H](C)NC(=O)CN1C(=O)Nc2ccc(F)c(C#N)c2S1(=O)=O. The predicted molar refractivity (Wildman–Crippen MR) is 105 cm³/mol. The molecule has 3 amide bonds. The highest BCUT2D eigenvalue weighted by Crippen LogP contribution is 2.33. The first kappa shape index (κ1) is 22.4. The minimum absolute atomic E-state index is 0.163. The van der Waals surface area contributed by atoms with Gasteiger partial charge in [0.05, 0.1) is 11.8 Å². The quantitative estimate of drug-likeness (QED) is 0.481. The topological polar surface area (TPSA) is 167 Å². The maximum atomic E-state index is 13.9. The van der Waals surface area contributed by atoms with Crippen LogP contribution in [-0.4, -0.2) is 61.9 Å². The number of anilines is 1. The average Bonchev–Trinajstić information content (AvgIpc) is 2.71. The van der Waals surface area contributed by atoms with Crippen LogP contribution in [0.1, 0.15) is 19.4 Å². The lowest BCUT2D eigenvalue weighted by molar-refractivity contribution is -0.121. The van der Waals surface area contributed by atoms with Gasteiger partial charge in [0.15, 0.2) is 0 Å². The number of amides is 3. The molecule has 2 aliphatic rings. The molecular weight excluding hydrogens is 429 g/mol. The number of hydrogen-bond donors (Lipinski definition) is 4. The van der Waals surface area contributed by atoms with Crippen LogP contribution in [0.5, 0.6) is 0 Å². The molecule has 0 aliphatic carbocycles. The van der Waals surface area contributed by atoms with E-state index in [-0.39, 0.29) is 28.1 Å². The van der Waals surface area contributed by atoms with Gasteiger partial charge in [0.2, 0.25) is 5.91 Å². The largest absolute Gasteiger partial charge is 0.350 e. The van der Waals surface area contributed by atoms with E-state index < -0.39 is 50.8 Å². The fourth-order valence-corrected chi connectivity index (χ4v) is 5.28. The molecule has 1 saturated heterocycles. The van der Waals surface area contributed by atoms with Crippen LogP contribution < -0.4 is 21.3 Å². The lowest BCUT2D eigenvalue weighted by Gasteiger charge is -2.38. The molecule has 13 heteroatoms. The van der Waals surface area contributed by atoms with E-state index >= 15 is 0 Å².